The number of aliphatic hydroxyl groups excluding tert-OH is 1. The van der Waals surface area contributed by atoms with Crippen molar-refractivity contribution in [3.63, 3.8) is 0 Å². The molecule has 1 aromatic carbocycles. The number of methoxy groups -OCH3 is 1. The third-order valence-electron chi connectivity index (χ3n) is 4.59. The molecule has 4 heteroatoms. The first kappa shape index (κ1) is 15.1. The Bertz CT molecular complexity index is 601. The smallest absolute Gasteiger partial charge is 0.373 e. The van der Waals surface area contributed by atoms with Gasteiger partial charge in [-0.25, -0.2) is 4.79 Å². The van der Waals surface area contributed by atoms with E-state index in [4.69, 9.17) is 9.84 Å². The summed E-state index contributed by atoms with van der Waals surface area (Å²) in [7, 11) is 1.30. The molecule has 2 fully saturated rings. The average molecular weight is 302 g/mol. The van der Waals surface area contributed by atoms with Gasteiger partial charge in [0.1, 0.15) is 5.75 Å². The minimum Gasteiger partial charge on any atom is -0.463 e. The summed E-state index contributed by atoms with van der Waals surface area (Å²) >= 11 is 0. The van der Waals surface area contributed by atoms with Gasteiger partial charge in [-0.2, -0.15) is 0 Å². The van der Waals surface area contributed by atoms with Crippen LogP contribution in [0.25, 0.3) is 0 Å². The van der Waals surface area contributed by atoms with E-state index in [1.807, 2.05) is 19.1 Å². The fourth-order valence-corrected chi connectivity index (χ4v) is 3.07. The van der Waals surface area contributed by atoms with Crippen molar-refractivity contribution in [2.75, 3.05) is 13.7 Å². The van der Waals surface area contributed by atoms with E-state index in [9.17, 15) is 4.79 Å². The second-order valence-corrected chi connectivity index (χ2v) is 6.21. The quantitative estimate of drug-likeness (QED) is 0.499. The highest BCUT2D eigenvalue weighted by Gasteiger charge is 2.48. The van der Waals surface area contributed by atoms with Crippen molar-refractivity contribution in [3.8, 4) is 5.75 Å². The maximum atomic E-state index is 11.7. The fraction of sp³-hybridized carbons (Fsp3) is 0.500. The molecule has 0 aromatic heterocycles. The summed E-state index contributed by atoms with van der Waals surface area (Å²) in [6.45, 7) is 1.67. The minimum absolute atomic E-state index is 0.0276. The van der Waals surface area contributed by atoms with Crippen molar-refractivity contribution in [3.05, 3.63) is 41.2 Å². The van der Waals surface area contributed by atoms with Crippen molar-refractivity contribution in [1.29, 1.82) is 0 Å². The molecule has 0 amide bonds. The van der Waals surface area contributed by atoms with Crippen molar-refractivity contribution in [2.24, 2.45) is 11.8 Å². The van der Waals surface area contributed by atoms with E-state index in [-0.39, 0.29) is 12.4 Å². The third-order valence-corrected chi connectivity index (χ3v) is 4.59. The van der Waals surface area contributed by atoms with E-state index < -0.39 is 5.97 Å². The van der Waals surface area contributed by atoms with Gasteiger partial charge in [0.15, 0.2) is 0 Å². The monoisotopic (exact) mass is 302 g/mol. The molecule has 0 aliphatic heterocycles. The number of benzene rings is 1. The second-order valence-electron chi connectivity index (χ2n) is 6.21. The minimum atomic E-state index is -0.582. The lowest BCUT2D eigenvalue weighted by molar-refractivity contribution is -0.138. The zero-order chi connectivity index (χ0) is 15.7. The van der Waals surface area contributed by atoms with Gasteiger partial charge in [0.2, 0.25) is 5.76 Å². The van der Waals surface area contributed by atoms with Crippen LogP contribution in [0.4, 0.5) is 0 Å². The highest BCUT2D eigenvalue weighted by Crippen LogP contribution is 2.59. The number of aliphatic hydroxyl groups is 1. The highest BCUT2D eigenvalue weighted by molar-refractivity contribution is 5.86. The Morgan fingerprint density at radius 1 is 1.41 bits per heavy atom. The zero-order valence-corrected chi connectivity index (χ0v) is 13.0. The Kier molecular flexibility index (Phi) is 4.21. The predicted molar refractivity (Wildman–Crippen MR) is 82.6 cm³/mol. The van der Waals surface area contributed by atoms with Crippen LogP contribution in [0, 0.1) is 18.8 Å². The first-order valence-corrected chi connectivity index (χ1v) is 7.81. The van der Waals surface area contributed by atoms with Gasteiger partial charge >= 0.3 is 5.97 Å². The normalized spacial score (nSPS) is 24.0. The van der Waals surface area contributed by atoms with Crippen LogP contribution in [0.2, 0.25) is 0 Å². The Hall–Kier alpha value is -1.81. The van der Waals surface area contributed by atoms with E-state index in [0.29, 0.717) is 11.7 Å². The van der Waals surface area contributed by atoms with Gasteiger partial charge in [-0.05, 0) is 67.2 Å². The molecular formula is C18H22O4. The van der Waals surface area contributed by atoms with E-state index in [1.165, 1.54) is 38.0 Å². The lowest BCUT2D eigenvalue weighted by atomic mass is 10.0. The number of rotatable bonds is 6. The van der Waals surface area contributed by atoms with E-state index in [1.54, 1.807) is 0 Å². The molecule has 0 saturated heterocycles. The van der Waals surface area contributed by atoms with E-state index in [2.05, 4.69) is 10.8 Å². The molecule has 0 heterocycles. The molecule has 118 valence electrons. The second kappa shape index (κ2) is 6.13. The molecule has 0 radical (unpaired) electrons. The summed E-state index contributed by atoms with van der Waals surface area (Å²) in [4.78, 5) is 11.7. The molecule has 3 rings (SSSR count). The number of esters is 1. The van der Waals surface area contributed by atoms with Gasteiger partial charge in [-0.3, -0.25) is 0 Å². The SMILES string of the molecule is COC(=O)/C(=C/CO)Oc1cc(C2CC2C2CC2)ccc1C. The summed E-state index contributed by atoms with van der Waals surface area (Å²) < 4.78 is 10.4. The Morgan fingerprint density at radius 2 is 2.18 bits per heavy atom. The van der Waals surface area contributed by atoms with Gasteiger partial charge in [0, 0.05) is 0 Å². The topological polar surface area (TPSA) is 55.8 Å². The van der Waals surface area contributed by atoms with Crippen molar-refractivity contribution in [2.45, 2.75) is 32.1 Å². The number of hydrogen-bond acceptors (Lipinski definition) is 4. The average Bonchev–Trinajstić information content (AvgIpc) is 3.38. The highest BCUT2D eigenvalue weighted by atomic mass is 16.6. The van der Waals surface area contributed by atoms with Crippen molar-refractivity contribution in [1.82, 2.24) is 0 Å². The molecule has 22 heavy (non-hydrogen) atoms. The molecule has 2 aliphatic rings. The van der Waals surface area contributed by atoms with E-state index in [0.717, 1.165) is 17.4 Å². The molecule has 2 atom stereocenters. The molecular weight excluding hydrogens is 280 g/mol. The van der Waals surface area contributed by atoms with Gasteiger partial charge in [-0.15, -0.1) is 0 Å². The number of carbonyl (C=O) groups is 1. The lowest BCUT2D eigenvalue weighted by Gasteiger charge is -2.12. The summed E-state index contributed by atoms with van der Waals surface area (Å²) in [6, 6.07) is 6.21. The Morgan fingerprint density at radius 3 is 2.82 bits per heavy atom. The maximum Gasteiger partial charge on any atom is 0.373 e. The summed E-state index contributed by atoms with van der Waals surface area (Å²) in [5.74, 6) is 2.50. The molecule has 2 saturated carbocycles. The number of carbonyl (C=O) groups excluding carboxylic acids is 1. The first-order chi connectivity index (χ1) is 10.6. The van der Waals surface area contributed by atoms with Gasteiger partial charge in [0.05, 0.1) is 13.7 Å². The van der Waals surface area contributed by atoms with Crippen LogP contribution in [-0.4, -0.2) is 24.8 Å². The Balaban J connectivity index is 1.77. The van der Waals surface area contributed by atoms with Gasteiger partial charge < -0.3 is 14.6 Å². The first-order valence-electron chi connectivity index (χ1n) is 7.81. The molecule has 1 aromatic rings. The standard InChI is InChI=1S/C18H22O4/c1-11-3-4-13(15-10-14(15)12-5-6-12)9-17(11)22-16(7-8-19)18(20)21-2/h3-4,7,9,12,14-15,19H,5-6,8,10H2,1-2H3/b16-7-. The summed E-state index contributed by atoms with van der Waals surface area (Å²) in [5.41, 5.74) is 2.24. The lowest BCUT2D eigenvalue weighted by Crippen LogP contribution is -2.12. The number of ether oxygens (including phenoxy) is 2. The van der Waals surface area contributed by atoms with E-state index >= 15 is 0 Å². The van der Waals surface area contributed by atoms with Crippen LogP contribution in [-0.2, 0) is 9.53 Å². The zero-order valence-electron chi connectivity index (χ0n) is 13.0. The fourth-order valence-electron chi connectivity index (χ4n) is 3.07. The number of aryl methyl sites for hydroxylation is 1. The number of hydrogen-bond donors (Lipinski definition) is 1. The molecule has 2 aliphatic carbocycles. The van der Waals surface area contributed by atoms with Crippen LogP contribution < -0.4 is 4.74 Å². The largest absolute Gasteiger partial charge is 0.463 e. The van der Waals surface area contributed by atoms with Crippen LogP contribution in [0.5, 0.6) is 5.75 Å². The molecule has 2 unspecified atom stereocenters. The van der Waals surface area contributed by atoms with Crippen LogP contribution in [0.3, 0.4) is 0 Å². The molecule has 4 nitrogen and oxygen atoms in total. The maximum absolute atomic E-state index is 11.7. The van der Waals surface area contributed by atoms with Crippen LogP contribution in [0.15, 0.2) is 30.0 Å². The third kappa shape index (κ3) is 3.17. The van der Waals surface area contributed by atoms with Crippen LogP contribution in [0.1, 0.15) is 36.3 Å². The van der Waals surface area contributed by atoms with Crippen molar-refractivity contribution >= 4 is 5.97 Å². The predicted octanol–water partition coefficient (Wildman–Crippen LogP) is 2.94. The van der Waals surface area contributed by atoms with Gasteiger partial charge in [-0.1, -0.05) is 12.1 Å². The summed E-state index contributed by atoms with van der Waals surface area (Å²) in [6.07, 6.45) is 5.34. The Labute approximate surface area is 130 Å². The van der Waals surface area contributed by atoms with Crippen molar-refractivity contribution < 1.29 is 19.4 Å². The van der Waals surface area contributed by atoms with Crippen LogP contribution >= 0.6 is 0 Å². The summed E-state index contributed by atoms with van der Waals surface area (Å²) in [5, 5.41) is 9.02. The molecule has 0 spiro atoms. The molecule has 1 N–H and O–H groups in total. The molecule has 0 bridgehead atoms. The van der Waals surface area contributed by atoms with Gasteiger partial charge in [0.25, 0.3) is 0 Å².